The molecule has 21 heavy (non-hydrogen) atoms. The lowest BCUT2D eigenvalue weighted by Crippen LogP contribution is -2.32. The molecule has 0 saturated carbocycles. The third kappa shape index (κ3) is 3.28. The van der Waals surface area contributed by atoms with Crippen LogP contribution in [0, 0.1) is 13.8 Å². The second kappa shape index (κ2) is 6.22. The van der Waals surface area contributed by atoms with E-state index in [4.69, 9.17) is 4.74 Å². The van der Waals surface area contributed by atoms with Crippen LogP contribution in [-0.2, 0) is 11.4 Å². The van der Waals surface area contributed by atoms with Gasteiger partial charge in [-0.15, -0.1) is 0 Å². The van der Waals surface area contributed by atoms with Crippen molar-refractivity contribution in [2.75, 3.05) is 0 Å². The summed E-state index contributed by atoms with van der Waals surface area (Å²) in [5.41, 5.74) is 2.45. The van der Waals surface area contributed by atoms with Crippen molar-refractivity contribution in [3.05, 3.63) is 64.7 Å². The highest BCUT2D eigenvalue weighted by atomic mass is 16.5. The minimum absolute atomic E-state index is 0.114. The molecule has 108 valence electrons. The van der Waals surface area contributed by atoms with Gasteiger partial charge in [-0.3, -0.25) is 4.79 Å². The van der Waals surface area contributed by atoms with Crippen molar-refractivity contribution in [3.8, 4) is 5.75 Å². The number of rotatable bonds is 5. The van der Waals surface area contributed by atoms with Crippen LogP contribution in [-0.4, -0.2) is 11.8 Å². The lowest BCUT2D eigenvalue weighted by Gasteiger charge is -2.14. The van der Waals surface area contributed by atoms with Gasteiger partial charge in [0, 0.05) is 11.1 Å². The van der Waals surface area contributed by atoms with E-state index in [1.807, 2.05) is 44.2 Å². The molecule has 2 aromatic carbocycles. The Labute approximate surface area is 123 Å². The number of benzene rings is 2. The van der Waals surface area contributed by atoms with Gasteiger partial charge in [0.15, 0.2) is 0 Å². The van der Waals surface area contributed by atoms with Gasteiger partial charge in [0.05, 0.1) is 0 Å². The summed E-state index contributed by atoms with van der Waals surface area (Å²) in [6, 6.07) is 12.4. The van der Waals surface area contributed by atoms with E-state index >= 15 is 0 Å². The number of carboxylic acid groups (broad SMARTS) is 1. The van der Waals surface area contributed by atoms with Crippen LogP contribution in [0.15, 0.2) is 42.5 Å². The van der Waals surface area contributed by atoms with Crippen molar-refractivity contribution in [2.24, 2.45) is 0 Å². The maximum absolute atomic E-state index is 11.7. The summed E-state index contributed by atoms with van der Waals surface area (Å²) in [4.78, 5) is 22.5. The molecule has 2 aromatic rings. The monoisotopic (exact) mass is 283 g/mol. The smallest absolute Gasteiger partial charge is 0.208 e. The molecule has 4 heteroatoms. The average Bonchev–Trinajstić information content (AvgIpc) is 2.46. The maximum atomic E-state index is 11.7. The van der Waals surface area contributed by atoms with Gasteiger partial charge in [-0.25, -0.2) is 0 Å². The molecule has 0 aliphatic carbocycles. The predicted octanol–water partition coefficient (Wildman–Crippen LogP) is 1.82. The second-order valence-corrected chi connectivity index (χ2v) is 4.77. The van der Waals surface area contributed by atoms with Gasteiger partial charge in [-0.1, -0.05) is 36.4 Å². The van der Waals surface area contributed by atoms with Crippen LogP contribution < -0.4 is 9.84 Å². The van der Waals surface area contributed by atoms with E-state index in [1.165, 1.54) is 6.07 Å². The number of ether oxygens (including phenoxy) is 1. The Bertz CT molecular complexity index is 689. The Morgan fingerprint density at radius 3 is 2.33 bits per heavy atom. The number of Topliss-reactive ketones (excluding diaryl/α,β-unsaturated/α-hetero) is 1. The van der Waals surface area contributed by atoms with Gasteiger partial charge in [-0.2, -0.15) is 0 Å². The summed E-state index contributed by atoms with van der Waals surface area (Å²) in [6.45, 7) is 3.86. The summed E-state index contributed by atoms with van der Waals surface area (Å²) in [7, 11) is 0. The van der Waals surface area contributed by atoms with Crippen LogP contribution in [0.2, 0.25) is 0 Å². The van der Waals surface area contributed by atoms with Gasteiger partial charge in [0.2, 0.25) is 5.78 Å². The van der Waals surface area contributed by atoms with Crippen LogP contribution in [0.4, 0.5) is 0 Å². The fourth-order valence-corrected chi connectivity index (χ4v) is 2.08. The van der Waals surface area contributed by atoms with Gasteiger partial charge in [-0.05, 0) is 31.0 Å². The Morgan fingerprint density at radius 1 is 1.00 bits per heavy atom. The van der Waals surface area contributed by atoms with E-state index in [9.17, 15) is 14.7 Å². The quantitative estimate of drug-likeness (QED) is 0.620. The van der Waals surface area contributed by atoms with E-state index < -0.39 is 11.8 Å². The lowest BCUT2D eigenvalue weighted by molar-refractivity contribution is -0.296. The Morgan fingerprint density at radius 2 is 1.67 bits per heavy atom. The second-order valence-electron chi connectivity index (χ2n) is 4.77. The molecule has 0 amide bonds. The van der Waals surface area contributed by atoms with Crippen molar-refractivity contribution >= 4 is 11.8 Å². The molecule has 0 unspecified atom stereocenters. The first kappa shape index (κ1) is 14.8. The van der Waals surface area contributed by atoms with Crippen molar-refractivity contribution < 1.29 is 19.4 Å². The van der Waals surface area contributed by atoms with E-state index in [-0.39, 0.29) is 12.2 Å². The molecular weight excluding hydrogens is 268 g/mol. The van der Waals surface area contributed by atoms with E-state index in [2.05, 4.69) is 0 Å². The number of ketones is 1. The molecule has 0 fully saturated rings. The number of carbonyl (C=O) groups is 2. The number of hydrogen-bond acceptors (Lipinski definition) is 4. The van der Waals surface area contributed by atoms with Crippen LogP contribution in [0.25, 0.3) is 0 Å². The zero-order chi connectivity index (χ0) is 15.4. The van der Waals surface area contributed by atoms with Crippen molar-refractivity contribution in [1.82, 2.24) is 0 Å². The van der Waals surface area contributed by atoms with Gasteiger partial charge >= 0.3 is 0 Å². The van der Waals surface area contributed by atoms with Crippen molar-refractivity contribution in [3.63, 3.8) is 0 Å². The highest BCUT2D eigenvalue weighted by molar-refractivity contribution is 6.39. The third-order valence-corrected chi connectivity index (χ3v) is 3.31. The summed E-state index contributed by atoms with van der Waals surface area (Å²) >= 11 is 0. The molecule has 0 aliphatic heterocycles. The highest BCUT2D eigenvalue weighted by Crippen LogP contribution is 2.21. The van der Waals surface area contributed by atoms with Crippen molar-refractivity contribution in [2.45, 2.75) is 20.5 Å². The number of carboxylic acids is 1. The topological polar surface area (TPSA) is 66.4 Å². The molecule has 0 aliphatic rings. The molecular formula is C17H15O4-. The number of hydrogen-bond donors (Lipinski definition) is 0. The standard InChI is InChI=1S/C17H16O4/c1-11-7-5-8-13(16(18)17(19)20)14(11)10-21-15-9-4-3-6-12(15)2/h3-9H,10H2,1-2H3,(H,19,20)/p-1. The van der Waals surface area contributed by atoms with E-state index in [0.29, 0.717) is 11.3 Å². The van der Waals surface area contributed by atoms with Crippen molar-refractivity contribution in [1.29, 1.82) is 0 Å². The van der Waals surface area contributed by atoms with E-state index in [0.717, 1.165) is 11.1 Å². The number of aryl methyl sites for hydroxylation is 2. The molecule has 0 radical (unpaired) electrons. The minimum Gasteiger partial charge on any atom is -0.541 e. The molecule has 4 nitrogen and oxygen atoms in total. The number of para-hydroxylation sites is 1. The zero-order valence-corrected chi connectivity index (χ0v) is 11.9. The SMILES string of the molecule is Cc1ccccc1OCc1c(C)cccc1C(=O)C(=O)[O-]. The van der Waals surface area contributed by atoms with Gasteiger partial charge < -0.3 is 14.6 Å². The first-order valence-electron chi connectivity index (χ1n) is 6.53. The van der Waals surface area contributed by atoms with E-state index in [1.54, 1.807) is 6.07 Å². The Kier molecular flexibility index (Phi) is 4.38. The minimum atomic E-state index is -1.71. The first-order chi connectivity index (χ1) is 10.0. The van der Waals surface area contributed by atoms with Gasteiger partial charge in [0.25, 0.3) is 0 Å². The third-order valence-electron chi connectivity index (χ3n) is 3.31. The highest BCUT2D eigenvalue weighted by Gasteiger charge is 2.14. The average molecular weight is 283 g/mol. The summed E-state index contributed by atoms with van der Waals surface area (Å²) in [5.74, 6) is -2.03. The fraction of sp³-hybridized carbons (Fsp3) is 0.176. The molecule has 2 rings (SSSR count). The van der Waals surface area contributed by atoms with Crippen LogP contribution >= 0.6 is 0 Å². The van der Waals surface area contributed by atoms with Crippen LogP contribution in [0.3, 0.4) is 0 Å². The molecule has 0 bridgehead atoms. The molecule has 0 spiro atoms. The summed E-state index contributed by atoms with van der Waals surface area (Å²) < 4.78 is 5.71. The van der Waals surface area contributed by atoms with Crippen LogP contribution in [0.5, 0.6) is 5.75 Å². The molecule has 0 saturated heterocycles. The maximum Gasteiger partial charge on any atom is 0.208 e. The summed E-state index contributed by atoms with van der Waals surface area (Å²) in [5, 5.41) is 10.8. The molecule has 0 atom stereocenters. The molecule has 0 heterocycles. The zero-order valence-electron chi connectivity index (χ0n) is 11.9. The number of aliphatic carboxylic acids is 1. The Balaban J connectivity index is 2.30. The molecule has 0 aromatic heterocycles. The lowest BCUT2D eigenvalue weighted by atomic mass is 9.99. The largest absolute Gasteiger partial charge is 0.541 e. The normalized spacial score (nSPS) is 10.2. The predicted molar refractivity (Wildman–Crippen MR) is 76.0 cm³/mol. The fourth-order valence-electron chi connectivity index (χ4n) is 2.08. The van der Waals surface area contributed by atoms with Gasteiger partial charge in [0.1, 0.15) is 18.3 Å². The number of carbonyl (C=O) groups excluding carboxylic acids is 2. The van der Waals surface area contributed by atoms with Crippen LogP contribution in [0.1, 0.15) is 27.0 Å². The summed E-state index contributed by atoms with van der Waals surface area (Å²) in [6.07, 6.45) is 0. The first-order valence-corrected chi connectivity index (χ1v) is 6.53. The molecule has 0 N–H and O–H groups in total. The Hall–Kier alpha value is -2.62.